The van der Waals surface area contributed by atoms with E-state index in [2.05, 4.69) is 10.6 Å². The van der Waals surface area contributed by atoms with E-state index in [1.54, 1.807) is 19.1 Å². The number of rotatable bonds is 5. The van der Waals surface area contributed by atoms with Gasteiger partial charge in [0.25, 0.3) is 0 Å². The fourth-order valence-corrected chi connectivity index (χ4v) is 1.46. The number of benzene rings is 1. The van der Waals surface area contributed by atoms with Gasteiger partial charge in [0.2, 0.25) is 5.91 Å². The maximum absolute atomic E-state index is 13.3. The largest absolute Gasteiger partial charge is 0.373 e. The van der Waals surface area contributed by atoms with Crippen molar-refractivity contribution >= 4 is 11.6 Å². The smallest absolute Gasteiger partial charge is 0.242 e. The number of hydrogen-bond donors (Lipinski definition) is 2. The lowest BCUT2D eigenvalue weighted by Gasteiger charge is -2.16. The monoisotopic (exact) mass is 249 g/mol. The van der Waals surface area contributed by atoms with E-state index in [4.69, 9.17) is 5.26 Å². The molecule has 1 unspecified atom stereocenters. The van der Waals surface area contributed by atoms with Crippen LogP contribution < -0.4 is 10.6 Å². The summed E-state index contributed by atoms with van der Waals surface area (Å²) in [6.45, 7) is 4.22. The molecule has 0 bridgehead atoms. The Bertz CT molecular complexity index is 468. The van der Waals surface area contributed by atoms with Crippen LogP contribution in [0.3, 0.4) is 0 Å². The highest BCUT2D eigenvalue weighted by molar-refractivity contribution is 5.84. The molecule has 0 aliphatic heterocycles. The van der Waals surface area contributed by atoms with Gasteiger partial charge in [0, 0.05) is 6.54 Å². The predicted octanol–water partition coefficient (Wildman–Crippen LogP) is 2.02. The number of hydrogen-bond acceptors (Lipinski definition) is 3. The van der Waals surface area contributed by atoms with Gasteiger partial charge in [-0.3, -0.25) is 4.79 Å². The predicted molar refractivity (Wildman–Crippen MR) is 67.5 cm³/mol. The van der Waals surface area contributed by atoms with Crippen LogP contribution in [0.5, 0.6) is 0 Å². The molecule has 1 rings (SSSR count). The Hall–Kier alpha value is -2.09. The van der Waals surface area contributed by atoms with Crippen molar-refractivity contribution in [2.24, 2.45) is 0 Å². The maximum atomic E-state index is 13.3. The number of nitrogens with one attached hydrogen (secondary N) is 2. The first-order valence-corrected chi connectivity index (χ1v) is 5.83. The minimum atomic E-state index is -0.594. The third-order valence-electron chi connectivity index (χ3n) is 2.44. The molecule has 0 saturated heterocycles. The molecule has 1 amide bonds. The number of amides is 1. The lowest BCUT2D eigenvalue weighted by Crippen LogP contribution is -2.38. The lowest BCUT2D eigenvalue weighted by molar-refractivity contribution is -0.121. The molecule has 96 valence electrons. The molecule has 0 heterocycles. The number of nitriles is 1. The fraction of sp³-hybridized carbons (Fsp3) is 0.385. The Morgan fingerprint density at radius 2 is 2.28 bits per heavy atom. The van der Waals surface area contributed by atoms with E-state index in [9.17, 15) is 9.18 Å². The lowest BCUT2D eigenvalue weighted by atomic mass is 10.1. The zero-order valence-electron chi connectivity index (χ0n) is 10.5. The molecular weight excluding hydrogens is 233 g/mol. The van der Waals surface area contributed by atoms with Crippen LogP contribution in [0.1, 0.15) is 25.8 Å². The molecule has 0 saturated carbocycles. The Morgan fingerprint density at radius 3 is 2.89 bits per heavy atom. The highest BCUT2D eigenvalue weighted by atomic mass is 19.1. The average Bonchev–Trinajstić information content (AvgIpc) is 2.36. The van der Waals surface area contributed by atoms with E-state index < -0.39 is 11.9 Å². The van der Waals surface area contributed by atoms with Crippen molar-refractivity contribution in [2.45, 2.75) is 26.3 Å². The normalized spacial score (nSPS) is 11.4. The van der Waals surface area contributed by atoms with Crippen molar-refractivity contribution in [3.8, 4) is 6.07 Å². The number of carbonyl (C=O) groups excluding carboxylic acids is 1. The second-order valence-electron chi connectivity index (χ2n) is 3.93. The van der Waals surface area contributed by atoms with Crippen LogP contribution in [0, 0.1) is 17.1 Å². The number of halogens is 1. The molecule has 1 aromatic rings. The zero-order valence-corrected chi connectivity index (χ0v) is 10.5. The summed E-state index contributed by atoms with van der Waals surface area (Å²) in [5, 5.41) is 14.4. The number of carbonyl (C=O) groups is 1. The van der Waals surface area contributed by atoms with Crippen LogP contribution >= 0.6 is 0 Å². The fourth-order valence-electron chi connectivity index (χ4n) is 1.46. The van der Waals surface area contributed by atoms with Crippen LogP contribution in [-0.4, -0.2) is 18.5 Å². The Kier molecular flexibility index (Phi) is 5.12. The SMILES string of the molecule is CCCNC(=O)C(C)Nc1cccc(F)c1C#N. The summed E-state index contributed by atoms with van der Waals surface area (Å²) in [5.74, 6) is -0.770. The first-order valence-electron chi connectivity index (χ1n) is 5.83. The van der Waals surface area contributed by atoms with Gasteiger partial charge in [-0.25, -0.2) is 4.39 Å². The third kappa shape index (κ3) is 3.45. The molecule has 0 aliphatic rings. The molecule has 0 aliphatic carbocycles. The summed E-state index contributed by atoms with van der Waals surface area (Å²) < 4.78 is 13.3. The summed E-state index contributed by atoms with van der Waals surface area (Å²) in [6.07, 6.45) is 0.849. The summed E-state index contributed by atoms with van der Waals surface area (Å²) >= 11 is 0. The molecule has 4 nitrogen and oxygen atoms in total. The molecule has 1 aromatic carbocycles. The molecule has 0 aromatic heterocycles. The van der Waals surface area contributed by atoms with E-state index in [1.807, 2.05) is 6.92 Å². The molecule has 0 fully saturated rings. The topological polar surface area (TPSA) is 64.9 Å². The van der Waals surface area contributed by atoms with Gasteiger partial charge >= 0.3 is 0 Å². The average molecular weight is 249 g/mol. The van der Waals surface area contributed by atoms with Crippen molar-refractivity contribution in [3.63, 3.8) is 0 Å². The van der Waals surface area contributed by atoms with Crippen LogP contribution in [-0.2, 0) is 4.79 Å². The van der Waals surface area contributed by atoms with Crippen molar-refractivity contribution in [1.82, 2.24) is 5.32 Å². The second-order valence-corrected chi connectivity index (χ2v) is 3.93. The minimum absolute atomic E-state index is 0.0763. The molecule has 0 radical (unpaired) electrons. The Labute approximate surface area is 106 Å². The highest BCUT2D eigenvalue weighted by Crippen LogP contribution is 2.18. The van der Waals surface area contributed by atoms with E-state index in [-0.39, 0.29) is 11.5 Å². The van der Waals surface area contributed by atoms with Crippen molar-refractivity contribution < 1.29 is 9.18 Å². The number of anilines is 1. The van der Waals surface area contributed by atoms with Crippen LogP contribution in [0.4, 0.5) is 10.1 Å². The van der Waals surface area contributed by atoms with E-state index in [0.717, 1.165) is 6.42 Å². The van der Waals surface area contributed by atoms with Crippen LogP contribution in [0.2, 0.25) is 0 Å². The first-order chi connectivity index (χ1) is 8.60. The summed E-state index contributed by atoms with van der Waals surface area (Å²) in [7, 11) is 0. The molecule has 18 heavy (non-hydrogen) atoms. The third-order valence-corrected chi connectivity index (χ3v) is 2.44. The van der Waals surface area contributed by atoms with Gasteiger partial charge in [0.15, 0.2) is 0 Å². The summed E-state index contributed by atoms with van der Waals surface area (Å²) in [6, 6.07) is 5.54. The van der Waals surface area contributed by atoms with Gasteiger partial charge in [-0.15, -0.1) is 0 Å². The van der Waals surface area contributed by atoms with Gasteiger partial charge in [0.1, 0.15) is 23.5 Å². The van der Waals surface area contributed by atoms with Gasteiger partial charge in [-0.2, -0.15) is 5.26 Å². The van der Waals surface area contributed by atoms with Crippen molar-refractivity contribution in [1.29, 1.82) is 5.26 Å². The maximum Gasteiger partial charge on any atom is 0.242 e. The van der Waals surface area contributed by atoms with E-state index in [1.165, 1.54) is 12.1 Å². The molecule has 5 heteroatoms. The van der Waals surface area contributed by atoms with E-state index in [0.29, 0.717) is 12.2 Å². The second kappa shape index (κ2) is 6.60. The quantitative estimate of drug-likeness (QED) is 0.839. The summed E-state index contributed by atoms with van der Waals surface area (Å²) in [4.78, 5) is 11.6. The van der Waals surface area contributed by atoms with Crippen LogP contribution in [0.25, 0.3) is 0 Å². The minimum Gasteiger partial charge on any atom is -0.373 e. The van der Waals surface area contributed by atoms with E-state index >= 15 is 0 Å². The van der Waals surface area contributed by atoms with Gasteiger partial charge in [0.05, 0.1) is 5.69 Å². The van der Waals surface area contributed by atoms with Crippen molar-refractivity contribution in [3.05, 3.63) is 29.6 Å². The molecule has 0 spiro atoms. The zero-order chi connectivity index (χ0) is 13.5. The Balaban J connectivity index is 2.76. The van der Waals surface area contributed by atoms with Gasteiger partial charge < -0.3 is 10.6 Å². The summed E-state index contributed by atoms with van der Waals surface area (Å²) in [5.41, 5.74) is 0.254. The Morgan fingerprint density at radius 1 is 1.56 bits per heavy atom. The first kappa shape index (κ1) is 14.0. The highest BCUT2D eigenvalue weighted by Gasteiger charge is 2.15. The van der Waals surface area contributed by atoms with Gasteiger partial charge in [-0.1, -0.05) is 13.0 Å². The number of nitrogens with zero attached hydrogens (tertiary/aromatic N) is 1. The molecule has 2 N–H and O–H groups in total. The standard InChI is InChI=1S/C13H16FN3O/c1-3-7-16-13(18)9(2)17-12-6-4-5-11(14)10(12)8-15/h4-6,9,17H,3,7H2,1-2H3,(H,16,18). The van der Waals surface area contributed by atoms with Crippen LogP contribution in [0.15, 0.2) is 18.2 Å². The van der Waals surface area contributed by atoms with Gasteiger partial charge in [-0.05, 0) is 25.5 Å². The molecule has 1 atom stereocenters. The van der Waals surface area contributed by atoms with Crippen molar-refractivity contribution in [2.75, 3.05) is 11.9 Å². The molecular formula is C13H16FN3O.